The average molecular weight is 889 g/mol. The molecule has 2 nitrogen and oxygen atoms in total. The molecule has 1 atom stereocenters. The van der Waals surface area contributed by atoms with E-state index in [1.807, 2.05) is 0 Å². The van der Waals surface area contributed by atoms with Crippen LogP contribution in [0.5, 0.6) is 0 Å². The van der Waals surface area contributed by atoms with Crippen molar-refractivity contribution in [3.63, 3.8) is 0 Å². The summed E-state index contributed by atoms with van der Waals surface area (Å²) in [7, 11) is 0. The maximum Gasteiger partial charge on any atom is 0.0755 e. The van der Waals surface area contributed by atoms with Crippen LogP contribution in [0.3, 0.4) is 0 Å². The first-order valence-corrected chi connectivity index (χ1v) is 24.4. The van der Waals surface area contributed by atoms with Crippen molar-refractivity contribution in [2.45, 2.75) is 10.8 Å². The lowest BCUT2D eigenvalue weighted by Crippen LogP contribution is -2.36. The van der Waals surface area contributed by atoms with E-state index in [2.05, 4.69) is 277 Å². The van der Waals surface area contributed by atoms with Crippen LogP contribution >= 0.6 is 0 Å². The van der Waals surface area contributed by atoms with Gasteiger partial charge in [-0.3, -0.25) is 0 Å². The Kier molecular flexibility index (Phi) is 8.24. The van der Waals surface area contributed by atoms with Crippen LogP contribution in [-0.4, -0.2) is 0 Å². The van der Waals surface area contributed by atoms with E-state index in [-0.39, 0.29) is 0 Å². The van der Waals surface area contributed by atoms with Crippen molar-refractivity contribution in [3.05, 3.63) is 311 Å². The van der Waals surface area contributed by atoms with Crippen LogP contribution in [0.15, 0.2) is 267 Å². The lowest BCUT2D eigenvalue weighted by atomic mass is 9.65. The van der Waals surface area contributed by atoms with Gasteiger partial charge in [0.15, 0.2) is 0 Å². The Hall–Kier alpha value is -8.98. The molecule has 0 radical (unpaired) electrons. The van der Waals surface area contributed by atoms with Crippen LogP contribution in [0.25, 0.3) is 44.5 Å². The van der Waals surface area contributed by atoms with Gasteiger partial charge in [0.05, 0.1) is 22.2 Å². The quantitative estimate of drug-likeness (QED) is 0.164. The summed E-state index contributed by atoms with van der Waals surface area (Å²) in [6, 6.07) is 99.8. The molecule has 70 heavy (non-hydrogen) atoms. The Morgan fingerprint density at radius 1 is 0.271 bits per heavy atom. The lowest BCUT2D eigenvalue weighted by molar-refractivity contribution is 0.753. The largest absolute Gasteiger partial charge is 0.310 e. The maximum atomic E-state index is 2.52. The highest BCUT2D eigenvalue weighted by atomic mass is 15.2. The molecule has 0 saturated heterocycles. The predicted molar refractivity (Wildman–Crippen MR) is 288 cm³/mol. The molecule has 326 valence electrons. The molecule has 0 aromatic heterocycles. The first-order valence-electron chi connectivity index (χ1n) is 24.4. The molecule has 2 heteroatoms. The van der Waals surface area contributed by atoms with Crippen molar-refractivity contribution >= 4 is 34.1 Å². The monoisotopic (exact) mass is 888 g/mol. The number of anilines is 6. The molecule has 0 amide bonds. The third kappa shape index (κ3) is 5.12. The van der Waals surface area contributed by atoms with Gasteiger partial charge in [-0.2, -0.15) is 0 Å². The number of para-hydroxylation sites is 2. The second-order valence-electron chi connectivity index (χ2n) is 19.1. The van der Waals surface area contributed by atoms with E-state index in [4.69, 9.17) is 0 Å². The van der Waals surface area contributed by atoms with Crippen molar-refractivity contribution in [3.8, 4) is 44.5 Å². The lowest BCUT2D eigenvalue weighted by Gasteiger charge is -2.44. The third-order valence-electron chi connectivity index (χ3n) is 15.8. The van der Waals surface area contributed by atoms with Gasteiger partial charge in [-0.05, 0) is 144 Å². The van der Waals surface area contributed by atoms with Gasteiger partial charge in [0, 0.05) is 28.3 Å². The minimum Gasteiger partial charge on any atom is -0.310 e. The number of hydrogen-bond acceptors (Lipinski definition) is 2. The molecular formula is C68H44N2. The van der Waals surface area contributed by atoms with Gasteiger partial charge in [-0.25, -0.2) is 0 Å². The number of fused-ring (bicyclic) bond motifs is 15. The molecule has 1 unspecified atom stereocenters. The highest BCUT2D eigenvalue weighted by molar-refractivity contribution is 6.01. The van der Waals surface area contributed by atoms with Gasteiger partial charge >= 0.3 is 0 Å². The van der Waals surface area contributed by atoms with Gasteiger partial charge in [0.1, 0.15) is 0 Å². The Morgan fingerprint density at radius 2 is 0.714 bits per heavy atom. The van der Waals surface area contributed by atoms with E-state index in [1.165, 1.54) is 100 Å². The molecule has 0 bridgehead atoms. The Balaban J connectivity index is 1.01. The van der Waals surface area contributed by atoms with Crippen LogP contribution in [0.4, 0.5) is 34.1 Å². The Morgan fingerprint density at radius 3 is 1.36 bits per heavy atom. The van der Waals surface area contributed by atoms with Crippen LogP contribution < -0.4 is 9.80 Å². The SMILES string of the molecule is c1ccc(-c2cccc(N(c3ccc4c(c3)C3(c5ccccc5-c5ccccc53)c3ccccc3-4)c3ccc4c(c3)C3(c5ccccc5)c5ccccc5N(c5ccccc5)c5cccc-4c53)c2)cc1. The molecule has 3 aliphatic carbocycles. The minimum absolute atomic E-state index is 0.476. The van der Waals surface area contributed by atoms with Crippen LogP contribution in [0, 0.1) is 0 Å². The summed E-state index contributed by atoms with van der Waals surface area (Å²) in [5, 5.41) is 0. The summed E-state index contributed by atoms with van der Waals surface area (Å²) in [6.07, 6.45) is 0. The molecule has 1 aliphatic heterocycles. The Bertz CT molecular complexity index is 3850. The van der Waals surface area contributed by atoms with E-state index in [1.54, 1.807) is 0 Å². The zero-order valence-corrected chi connectivity index (χ0v) is 38.3. The smallest absolute Gasteiger partial charge is 0.0755 e. The van der Waals surface area contributed by atoms with E-state index in [0.717, 1.165) is 22.7 Å². The number of rotatable bonds is 6. The van der Waals surface area contributed by atoms with Crippen LogP contribution in [0.1, 0.15) is 44.5 Å². The van der Waals surface area contributed by atoms with Crippen molar-refractivity contribution in [1.29, 1.82) is 0 Å². The van der Waals surface area contributed by atoms with E-state index < -0.39 is 10.8 Å². The number of nitrogens with zero attached hydrogens (tertiary/aromatic N) is 2. The first kappa shape index (κ1) is 39.1. The maximum absolute atomic E-state index is 2.52. The molecule has 11 aromatic rings. The van der Waals surface area contributed by atoms with Gasteiger partial charge < -0.3 is 9.80 Å². The van der Waals surface area contributed by atoms with Gasteiger partial charge in [0.2, 0.25) is 0 Å². The fourth-order valence-electron chi connectivity index (χ4n) is 13.2. The van der Waals surface area contributed by atoms with E-state index in [0.29, 0.717) is 0 Å². The first-order chi connectivity index (χ1) is 34.7. The van der Waals surface area contributed by atoms with Crippen molar-refractivity contribution in [2.75, 3.05) is 9.80 Å². The zero-order valence-electron chi connectivity index (χ0n) is 38.3. The van der Waals surface area contributed by atoms with Crippen molar-refractivity contribution < 1.29 is 0 Å². The van der Waals surface area contributed by atoms with Crippen LogP contribution in [0.2, 0.25) is 0 Å². The molecule has 0 saturated carbocycles. The predicted octanol–water partition coefficient (Wildman–Crippen LogP) is 17.3. The van der Waals surface area contributed by atoms with E-state index >= 15 is 0 Å². The van der Waals surface area contributed by atoms with Crippen molar-refractivity contribution in [2.24, 2.45) is 0 Å². The summed E-state index contributed by atoms with van der Waals surface area (Å²) < 4.78 is 0. The summed E-state index contributed by atoms with van der Waals surface area (Å²) >= 11 is 0. The normalized spacial score (nSPS) is 15.6. The molecular weight excluding hydrogens is 845 g/mol. The Labute approximate surface area is 408 Å². The summed E-state index contributed by atoms with van der Waals surface area (Å²) in [6.45, 7) is 0. The molecule has 11 aromatic carbocycles. The van der Waals surface area contributed by atoms with Gasteiger partial charge in [-0.15, -0.1) is 0 Å². The minimum atomic E-state index is -0.598. The molecule has 0 N–H and O–H groups in total. The molecule has 0 fully saturated rings. The molecule has 4 aliphatic rings. The molecule has 15 rings (SSSR count). The standard InChI is InChI=1S/C68H44N2/c1-4-20-45(21-5-1)46-22-18-27-49(42-46)69(51-38-40-55-54-30-12-15-34-60(54)68(63(55)44-51)58-32-13-10-28-52(58)53-29-11-14-33-59(53)68)50-39-41-56-57-31-19-37-65-66(57)67(62(56)43-50,47-23-6-2-7-24-47)61-35-16-17-36-64(61)70(65)48-25-8-3-9-26-48/h1-44H. The summed E-state index contributed by atoms with van der Waals surface area (Å²) in [5.74, 6) is 0. The average Bonchev–Trinajstić information content (AvgIpc) is 4.02. The van der Waals surface area contributed by atoms with Crippen LogP contribution in [-0.2, 0) is 10.8 Å². The zero-order chi connectivity index (χ0) is 46.0. The second-order valence-corrected chi connectivity index (χ2v) is 19.1. The van der Waals surface area contributed by atoms with Crippen molar-refractivity contribution in [1.82, 2.24) is 0 Å². The summed E-state index contributed by atoms with van der Waals surface area (Å²) in [4.78, 5) is 4.99. The molecule has 1 spiro atoms. The van der Waals surface area contributed by atoms with E-state index in [9.17, 15) is 0 Å². The fourth-order valence-corrected chi connectivity index (χ4v) is 13.2. The number of benzene rings is 11. The van der Waals surface area contributed by atoms with Gasteiger partial charge in [-0.1, -0.05) is 206 Å². The van der Waals surface area contributed by atoms with Gasteiger partial charge in [0.25, 0.3) is 0 Å². The fraction of sp³-hybridized carbons (Fsp3) is 0.0294. The topological polar surface area (TPSA) is 6.48 Å². The highest BCUT2D eigenvalue weighted by Crippen LogP contribution is 2.66. The number of hydrogen-bond donors (Lipinski definition) is 0. The highest BCUT2D eigenvalue weighted by Gasteiger charge is 2.54. The third-order valence-corrected chi connectivity index (χ3v) is 15.8. The second kappa shape index (κ2) is 14.8. The summed E-state index contributed by atoms with van der Waals surface area (Å²) in [5.41, 5.74) is 26.3. The molecule has 1 heterocycles.